The number of carbonyl (C=O) groups is 1. The predicted molar refractivity (Wildman–Crippen MR) is 74.1 cm³/mol. The summed E-state index contributed by atoms with van der Waals surface area (Å²) >= 11 is 5.43. The van der Waals surface area contributed by atoms with Gasteiger partial charge in [0.15, 0.2) is 0 Å². The molecule has 0 N–H and O–H groups in total. The zero-order valence-electron chi connectivity index (χ0n) is 10.3. The lowest BCUT2D eigenvalue weighted by atomic mass is 10.2. The van der Waals surface area contributed by atoms with Crippen LogP contribution in [0.25, 0.3) is 0 Å². The molecule has 0 spiro atoms. The molecule has 0 aliphatic carbocycles. The third-order valence-electron chi connectivity index (χ3n) is 2.62. The molecule has 0 radical (unpaired) electrons. The molecule has 0 aliphatic rings. The lowest BCUT2D eigenvalue weighted by molar-refractivity contribution is -0.384. The van der Waals surface area contributed by atoms with Crippen molar-refractivity contribution in [3.05, 3.63) is 69.8 Å². The van der Waals surface area contributed by atoms with Crippen molar-refractivity contribution >= 4 is 22.5 Å². The van der Waals surface area contributed by atoms with E-state index in [0.717, 1.165) is 5.56 Å². The number of rotatable bonds is 5. The Bertz CT molecular complexity index is 643. The summed E-state index contributed by atoms with van der Waals surface area (Å²) in [7, 11) is 0. The minimum absolute atomic E-state index is 0.100. The normalized spacial score (nSPS) is 10.1. The summed E-state index contributed by atoms with van der Waals surface area (Å²) in [6, 6.07) is 12.9. The number of hydrogen-bond donors (Lipinski definition) is 0. The topological polar surface area (TPSA) is 69.4 Å². The Morgan fingerprint density at radius 2 is 1.90 bits per heavy atom. The average molecular weight is 292 g/mol. The lowest BCUT2D eigenvalue weighted by Gasteiger charge is -2.09. The minimum Gasteiger partial charge on any atom is -0.488 e. The van der Waals surface area contributed by atoms with Crippen LogP contribution in [0, 0.1) is 10.1 Å². The van der Waals surface area contributed by atoms with Crippen LogP contribution in [0.4, 0.5) is 5.69 Å². The van der Waals surface area contributed by atoms with Crippen molar-refractivity contribution in [1.82, 2.24) is 0 Å². The summed E-state index contributed by atoms with van der Waals surface area (Å²) in [6.07, 6.45) is 0. The van der Waals surface area contributed by atoms with Crippen LogP contribution < -0.4 is 4.74 Å². The maximum absolute atomic E-state index is 11.3. The van der Waals surface area contributed by atoms with Gasteiger partial charge in [0.05, 0.1) is 16.6 Å². The molecule has 0 bridgehead atoms. The van der Waals surface area contributed by atoms with Crippen molar-refractivity contribution < 1.29 is 14.5 Å². The van der Waals surface area contributed by atoms with Crippen LogP contribution >= 0.6 is 11.6 Å². The molecule has 0 saturated carbocycles. The molecule has 20 heavy (non-hydrogen) atoms. The fourth-order valence-corrected chi connectivity index (χ4v) is 1.80. The Hall–Kier alpha value is -2.40. The summed E-state index contributed by atoms with van der Waals surface area (Å²) in [5.41, 5.74) is 0.829. The van der Waals surface area contributed by atoms with Gasteiger partial charge in [0, 0.05) is 6.07 Å². The van der Waals surface area contributed by atoms with E-state index in [1.54, 1.807) is 0 Å². The number of nitro groups is 1. The van der Waals surface area contributed by atoms with Gasteiger partial charge < -0.3 is 4.74 Å². The van der Waals surface area contributed by atoms with Crippen molar-refractivity contribution in [2.45, 2.75) is 6.61 Å². The molecule has 2 aromatic rings. The van der Waals surface area contributed by atoms with Gasteiger partial charge in [-0.15, -0.1) is 0 Å². The average Bonchev–Trinajstić information content (AvgIpc) is 2.45. The highest BCUT2D eigenvalue weighted by Gasteiger charge is 2.16. The van der Waals surface area contributed by atoms with E-state index in [9.17, 15) is 14.9 Å². The molecular weight excluding hydrogens is 282 g/mol. The number of non-ortho nitro benzene ring substituents is 1. The van der Waals surface area contributed by atoms with Crippen molar-refractivity contribution in [3.63, 3.8) is 0 Å². The lowest BCUT2D eigenvalue weighted by Crippen LogP contribution is -2.01. The number of benzene rings is 2. The molecule has 102 valence electrons. The summed E-state index contributed by atoms with van der Waals surface area (Å²) < 4.78 is 5.47. The van der Waals surface area contributed by atoms with E-state index < -0.39 is 10.2 Å². The Balaban J connectivity index is 2.26. The van der Waals surface area contributed by atoms with E-state index in [1.807, 2.05) is 30.3 Å². The molecule has 6 heteroatoms. The highest BCUT2D eigenvalue weighted by atomic mass is 35.5. The van der Waals surface area contributed by atoms with Crippen molar-refractivity contribution in [3.8, 4) is 5.75 Å². The first-order valence-electron chi connectivity index (χ1n) is 5.73. The zero-order chi connectivity index (χ0) is 14.5. The fraction of sp³-hybridized carbons (Fsp3) is 0.0714. The van der Waals surface area contributed by atoms with E-state index >= 15 is 0 Å². The number of hydrogen-bond acceptors (Lipinski definition) is 4. The van der Waals surface area contributed by atoms with Gasteiger partial charge >= 0.3 is 0 Å². The van der Waals surface area contributed by atoms with Crippen LogP contribution in [0.3, 0.4) is 0 Å². The molecule has 0 heterocycles. The van der Waals surface area contributed by atoms with Crippen LogP contribution in [-0.4, -0.2) is 10.2 Å². The Kier molecular flexibility index (Phi) is 4.32. The maximum Gasteiger partial charge on any atom is 0.273 e. The SMILES string of the molecule is O=C(Cl)c1ccc([N+](=O)[O-])cc1OCc1ccccc1. The fourth-order valence-electron chi connectivity index (χ4n) is 1.64. The minimum atomic E-state index is -0.719. The van der Waals surface area contributed by atoms with Crippen LogP contribution in [0.1, 0.15) is 15.9 Å². The van der Waals surface area contributed by atoms with Gasteiger partial charge in [0.1, 0.15) is 12.4 Å². The summed E-state index contributed by atoms with van der Waals surface area (Å²) in [4.78, 5) is 21.5. The van der Waals surface area contributed by atoms with Gasteiger partial charge in [-0.1, -0.05) is 30.3 Å². The number of ether oxygens (including phenoxy) is 1. The molecular formula is C14H10ClNO4. The van der Waals surface area contributed by atoms with Gasteiger partial charge in [-0.25, -0.2) is 0 Å². The monoisotopic (exact) mass is 291 g/mol. The largest absolute Gasteiger partial charge is 0.488 e. The second kappa shape index (κ2) is 6.16. The molecule has 0 unspecified atom stereocenters. The van der Waals surface area contributed by atoms with E-state index in [1.165, 1.54) is 18.2 Å². The van der Waals surface area contributed by atoms with Crippen LogP contribution in [0.15, 0.2) is 48.5 Å². The molecule has 0 saturated heterocycles. The van der Waals surface area contributed by atoms with Gasteiger partial charge in [-0.05, 0) is 23.2 Å². The third kappa shape index (κ3) is 3.33. The first-order chi connectivity index (χ1) is 9.58. The Labute approximate surface area is 119 Å². The number of halogens is 1. The second-order valence-corrected chi connectivity index (χ2v) is 4.33. The Morgan fingerprint density at radius 1 is 1.20 bits per heavy atom. The molecule has 2 aromatic carbocycles. The molecule has 2 rings (SSSR count). The third-order valence-corrected chi connectivity index (χ3v) is 2.83. The quantitative estimate of drug-likeness (QED) is 0.480. The molecule has 0 atom stereocenters. The van der Waals surface area contributed by atoms with Gasteiger partial charge in [-0.2, -0.15) is 0 Å². The van der Waals surface area contributed by atoms with Crippen molar-refractivity contribution in [1.29, 1.82) is 0 Å². The summed E-state index contributed by atoms with van der Waals surface area (Å²) in [6.45, 7) is 0.194. The zero-order valence-corrected chi connectivity index (χ0v) is 11.0. The highest BCUT2D eigenvalue weighted by molar-refractivity contribution is 6.68. The molecule has 0 aliphatic heterocycles. The van der Waals surface area contributed by atoms with Crippen LogP contribution in [0.2, 0.25) is 0 Å². The van der Waals surface area contributed by atoms with Crippen LogP contribution in [0.5, 0.6) is 5.75 Å². The number of carbonyl (C=O) groups excluding carboxylic acids is 1. The van der Waals surface area contributed by atoms with E-state index in [-0.39, 0.29) is 23.6 Å². The van der Waals surface area contributed by atoms with E-state index in [2.05, 4.69) is 0 Å². The summed E-state index contributed by atoms with van der Waals surface area (Å²) in [5, 5.41) is 10.0. The number of nitrogens with zero attached hydrogens (tertiary/aromatic N) is 1. The first-order valence-corrected chi connectivity index (χ1v) is 6.10. The first kappa shape index (κ1) is 14.0. The van der Waals surface area contributed by atoms with Crippen molar-refractivity contribution in [2.24, 2.45) is 0 Å². The molecule has 0 amide bonds. The standard InChI is InChI=1S/C14H10ClNO4/c15-14(17)12-7-6-11(16(18)19)8-13(12)20-9-10-4-2-1-3-5-10/h1-8H,9H2. The van der Waals surface area contributed by atoms with Gasteiger partial charge in [-0.3, -0.25) is 14.9 Å². The smallest absolute Gasteiger partial charge is 0.273 e. The van der Waals surface area contributed by atoms with Gasteiger partial charge in [0.2, 0.25) is 0 Å². The molecule has 0 aromatic heterocycles. The molecule has 5 nitrogen and oxygen atoms in total. The maximum atomic E-state index is 11.3. The Morgan fingerprint density at radius 3 is 2.50 bits per heavy atom. The van der Waals surface area contributed by atoms with Gasteiger partial charge in [0.25, 0.3) is 10.9 Å². The number of nitro benzene ring substituents is 1. The predicted octanol–water partition coefficient (Wildman–Crippen LogP) is 3.55. The summed E-state index contributed by atoms with van der Waals surface area (Å²) in [5.74, 6) is 0.100. The second-order valence-electron chi connectivity index (χ2n) is 3.99. The highest BCUT2D eigenvalue weighted by Crippen LogP contribution is 2.27. The van der Waals surface area contributed by atoms with Crippen LogP contribution in [-0.2, 0) is 6.61 Å². The molecule has 0 fully saturated rings. The van der Waals surface area contributed by atoms with Crippen molar-refractivity contribution in [2.75, 3.05) is 0 Å². The van der Waals surface area contributed by atoms with E-state index in [4.69, 9.17) is 16.3 Å². The van der Waals surface area contributed by atoms with E-state index in [0.29, 0.717) is 0 Å².